The van der Waals surface area contributed by atoms with Crippen molar-refractivity contribution in [3.63, 3.8) is 0 Å². The number of ether oxygens (including phenoxy) is 1. The molecule has 0 aromatic heterocycles. The topological polar surface area (TPSA) is 64.3 Å². The third-order valence-corrected chi connectivity index (χ3v) is 5.97. The van der Waals surface area contributed by atoms with Gasteiger partial charge in [0, 0.05) is 30.5 Å². The van der Waals surface area contributed by atoms with Crippen LogP contribution in [0, 0.1) is 11.3 Å². The van der Waals surface area contributed by atoms with Crippen molar-refractivity contribution in [3.05, 3.63) is 0 Å². The lowest BCUT2D eigenvalue weighted by Crippen LogP contribution is -2.64. The Kier molecular flexibility index (Phi) is 7.63. The van der Waals surface area contributed by atoms with Gasteiger partial charge in [-0.05, 0) is 44.9 Å². The molecule has 5 heteroatoms. The minimum absolute atomic E-state index is 0. The summed E-state index contributed by atoms with van der Waals surface area (Å²) in [6.45, 7) is 7.22. The number of carbonyl (C=O) groups excluding carboxylic acids is 1. The van der Waals surface area contributed by atoms with Crippen LogP contribution in [0.3, 0.4) is 0 Å². The molecule has 130 valence electrons. The van der Waals surface area contributed by atoms with E-state index >= 15 is 0 Å². The van der Waals surface area contributed by atoms with E-state index in [1.165, 1.54) is 6.42 Å². The Hall–Kier alpha value is -0.320. The summed E-state index contributed by atoms with van der Waals surface area (Å²) >= 11 is 0. The van der Waals surface area contributed by atoms with Gasteiger partial charge in [0.05, 0.1) is 6.10 Å². The Morgan fingerprint density at radius 1 is 1.27 bits per heavy atom. The van der Waals surface area contributed by atoms with E-state index in [1.807, 2.05) is 6.92 Å². The molecule has 0 spiro atoms. The molecule has 2 unspecified atom stereocenters. The Morgan fingerprint density at radius 2 is 1.95 bits per heavy atom. The molecule has 0 radical (unpaired) electrons. The molecular formula is C17H33ClN2O2. The van der Waals surface area contributed by atoms with Crippen molar-refractivity contribution in [3.8, 4) is 0 Å². The molecule has 22 heavy (non-hydrogen) atoms. The average molecular weight is 333 g/mol. The maximum absolute atomic E-state index is 12.3. The molecule has 4 nitrogen and oxygen atoms in total. The van der Waals surface area contributed by atoms with Crippen LogP contribution in [-0.4, -0.2) is 30.7 Å². The van der Waals surface area contributed by atoms with Gasteiger partial charge < -0.3 is 15.8 Å². The van der Waals surface area contributed by atoms with Crippen LogP contribution in [0.1, 0.15) is 65.7 Å². The van der Waals surface area contributed by atoms with Crippen molar-refractivity contribution in [1.82, 2.24) is 5.32 Å². The Balaban J connectivity index is 0.00000242. The zero-order valence-electron chi connectivity index (χ0n) is 14.3. The van der Waals surface area contributed by atoms with Crippen molar-refractivity contribution in [2.45, 2.75) is 83.9 Å². The van der Waals surface area contributed by atoms with Crippen LogP contribution in [0.5, 0.6) is 0 Å². The highest BCUT2D eigenvalue weighted by Gasteiger charge is 2.53. The molecular weight excluding hydrogens is 300 g/mol. The normalized spacial score (nSPS) is 32.9. The van der Waals surface area contributed by atoms with Crippen LogP contribution in [-0.2, 0) is 9.53 Å². The number of hydrogen-bond acceptors (Lipinski definition) is 3. The van der Waals surface area contributed by atoms with Crippen molar-refractivity contribution in [2.24, 2.45) is 17.1 Å². The van der Waals surface area contributed by atoms with Crippen LogP contribution in [0.4, 0.5) is 0 Å². The molecule has 0 bridgehead atoms. The quantitative estimate of drug-likeness (QED) is 0.753. The molecule has 4 atom stereocenters. The summed E-state index contributed by atoms with van der Waals surface area (Å²) in [6.07, 6.45) is 7.32. The van der Waals surface area contributed by atoms with E-state index < -0.39 is 0 Å². The molecule has 0 aromatic rings. The molecule has 0 saturated heterocycles. The van der Waals surface area contributed by atoms with Crippen molar-refractivity contribution >= 4 is 18.3 Å². The lowest BCUT2D eigenvalue weighted by molar-refractivity contribution is -0.149. The van der Waals surface area contributed by atoms with Gasteiger partial charge in [-0.1, -0.05) is 20.3 Å². The third kappa shape index (κ3) is 3.77. The lowest BCUT2D eigenvalue weighted by atomic mass is 9.58. The largest absolute Gasteiger partial charge is 0.378 e. The summed E-state index contributed by atoms with van der Waals surface area (Å²) in [6, 6.07) is 0.490. The van der Waals surface area contributed by atoms with Crippen molar-refractivity contribution in [2.75, 3.05) is 6.61 Å². The Bertz CT molecular complexity index is 361. The van der Waals surface area contributed by atoms with Crippen LogP contribution < -0.4 is 11.1 Å². The fourth-order valence-electron chi connectivity index (χ4n) is 4.39. The minimum Gasteiger partial charge on any atom is -0.378 e. The van der Waals surface area contributed by atoms with E-state index in [-0.39, 0.29) is 35.8 Å². The van der Waals surface area contributed by atoms with E-state index in [1.54, 1.807) is 0 Å². The number of amides is 1. The maximum Gasteiger partial charge on any atom is 0.220 e. The molecule has 1 amide bonds. The highest BCUT2D eigenvalue weighted by Crippen LogP contribution is 2.49. The summed E-state index contributed by atoms with van der Waals surface area (Å²) in [5.41, 5.74) is 6.20. The van der Waals surface area contributed by atoms with Crippen LogP contribution in [0.2, 0.25) is 0 Å². The molecule has 0 aliphatic heterocycles. The summed E-state index contributed by atoms with van der Waals surface area (Å²) in [5.74, 6) is 0.564. The van der Waals surface area contributed by atoms with Gasteiger partial charge in [0.2, 0.25) is 5.91 Å². The van der Waals surface area contributed by atoms with Gasteiger partial charge in [-0.3, -0.25) is 4.79 Å². The number of hydrogen-bond donors (Lipinski definition) is 2. The monoisotopic (exact) mass is 332 g/mol. The van der Waals surface area contributed by atoms with Gasteiger partial charge in [-0.25, -0.2) is 0 Å². The first-order valence-electron chi connectivity index (χ1n) is 8.73. The van der Waals surface area contributed by atoms with E-state index in [9.17, 15) is 4.79 Å². The standard InChI is InChI=1S/C17H32N2O2.ClH/c1-4-17(5-2)14(11-15(17)21-6-3)19-16(20)10-12-8-7-9-13(12)18;/h12-15H,4-11,18H2,1-3H3,(H,19,20);1H/t12-,13+,14?,15?;/m0./s1. The van der Waals surface area contributed by atoms with Gasteiger partial charge in [0.25, 0.3) is 0 Å². The summed E-state index contributed by atoms with van der Waals surface area (Å²) in [4.78, 5) is 12.3. The number of carbonyl (C=O) groups is 1. The first-order chi connectivity index (χ1) is 10.1. The maximum atomic E-state index is 12.3. The van der Waals surface area contributed by atoms with Crippen molar-refractivity contribution in [1.29, 1.82) is 0 Å². The SMILES string of the molecule is CCOC1CC(NC(=O)C[C@@H]2CCC[C@H]2N)C1(CC)CC.Cl. The van der Waals surface area contributed by atoms with Crippen LogP contribution >= 0.6 is 12.4 Å². The molecule has 2 fully saturated rings. The highest BCUT2D eigenvalue weighted by molar-refractivity contribution is 5.85. The van der Waals surface area contributed by atoms with Crippen LogP contribution in [0.15, 0.2) is 0 Å². The fourth-order valence-corrected chi connectivity index (χ4v) is 4.39. The zero-order chi connectivity index (χ0) is 15.5. The van der Waals surface area contributed by atoms with Gasteiger partial charge in [0.1, 0.15) is 0 Å². The molecule has 0 aromatic carbocycles. The molecule has 3 N–H and O–H groups in total. The smallest absolute Gasteiger partial charge is 0.220 e. The van der Waals surface area contributed by atoms with E-state index in [0.29, 0.717) is 18.4 Å². The van der Waals surface area contributed by atoms with Gasteiger partial charge in [-0.15, -0.1) is 12.4 Å². The predicted octanol–water partition coefficient (Wildman–Crippen LogP) is 3.03. The number of nitrogens with one attached hydrogen (secondary N) is 1. The van der Waals surface area contributed by atoms with Gasteiger partial charge in [-0.2, -0.15) is 0 Å². The van der Waals surface area contributed by atoms with Gasteiger partial charge in [0.15, 0.2) is 0 Å². The van der Waals surface area contributed by atoms with E-state index in [4.69, 9.17) is 10.5 Å². The first-order valence-corrected chi connectivity index (χ1v) is 8.73. The Morgan fingerprint density at radius 3 is 2.45 bits per heavy atom. The number of rotatable bonds is 7. The molecule has 2 saturated carbocycles. The summed E-state index contributed by atoms with van der Waals surface area (Å²) in [7, 11) is 0. The second kappa shape index (κ2) is 8.51. The predicted molar refractivity (Wildman–Crippen MR) is 92.2 cm³/mol. The molecule has 2 rings (SSSR count). The van der Waals surface area contributed by atoms with Gasteiger partial charge >= 0.3 is 0 Å². The second-order valence-electron chi connectivity index (χ2n) is 6.80. The number of nitrogens with two attached hydrogens (primary N) is 1. The summed E-state index contributed by atoms with van der Waals surface area (Å²) in [5, 5.41) is 3.27. The highest BCUT2D eigenvalue weighted by atomic mass is 35.5. The third-order valence-electron chi connectivity index (χ3n) is 5.97. The Labute approximate surface area is 141 Å². The lowest BCUT2D eigenvalue weighted by Gasteiger charge is -2.55. The number of halogens is 1. The fraction of sp³-hybridized carbons (Fsp3) is 0.941. The van der Waals surface area contributed by atoms with E-state index in [2.05, 4.69) is 19.2 Å². The van der Waals surface area contributed by atoms with E-state index in [0.717, 1.165) is 38.7 Å². The van der Waals surface area contributed by atoms with Crippen molar-refractivity contribution < 1.29 is 9.53 Å². The zero-order valence-corrected chi connectivity index (χ0v) is 15.1. The minimum atomic E-state index is 0. The molecule has 0 heterocycles. The molecule has 2 aliphatic rings. The average Bonchev–Trinajstić information content (AvgIpc) is 2.84. The first kappa shape index (κ1) is 19.7. The second-order valence-corrected chi connectivity index (χ2v) is 6.80. The summed E-state index contributed by atoms with van der Waals surface area (Å²) < 4.78 is 5.87. The molecule has 2 aliphatic carbocycles. The van der Waals surface area contributed by atoms with Crippen LogP contribution in [0.25, 0.3) is 0 Å².